The fraction of sp³-hybridized carbons (Fsp3) is 0.286. The minimum atomic E-state index is 0.319. The number of nitrogens with zero attached hydrogens (tertiary/aromatic N) is 2. The predicted octanol–water partition coefficient (Wildman–Crippen LogP) is 4.62. The zero-order chi connectivity index (χ0) is 14.0. The molecule has 1 aromatic carbocycles. The largest absolute Gasteiger partial charge is 0.373 e. The van der Waals surface area contributed by atoms with Crippen LogP contribution in [0.3, 0.4) is 0 Å². The molecular weight excluding hydrogens is 281 g/mol. The first kappa shape index (κ1) is 14.1. The molecule has 0 saturated heterocycles. The van der Waals surface area contributed by atoms with Crippen molar-refractivity contribution in [1.82, 2.24) is 9.97 Å². The van der Waals surface area contributed by atoms with E-state index in [2.05, 4.69) is 29.1 Å². The van der Waals surface area contributed by atoms with Crippen LogP contribution in [-0.4, -0.2) is 17.0 Å². The van der Waals surface area contributed by atoms with Gasteiger partial charge in [0.15, 0.2) is 5.82 Å². The Morgan fingerprint density at radius 1 is 1.11 bits per heavy atom. The number of benzene rings is 1. The summed E-state index contributed by atoms with van der Waals surface area (Å²) in [5.74, 6) is 1.71. The normalized spacial score (nSPS) is 10.8. The molecular formula is C14H15Cl2N3. The molecule has 0 bridgehead atoms. The quantitative estimate of drug-likeness (QED) is 0.898. The number of halogens is 2. The zero-order valence-electron chi connectivity index (χ0n) is 11.0. The van der Waals surface area contributed by atoms with Crippen molar-refractivity contribution in [3.8, 4) is 11.4 Å². The van der Waals surface area contributed by atoms with Crippen molar-refractivity contribution in [1.29, 1.82) is 0 Å². The van der Waals surface area contributed by atoms with Crippen LogP contribution in [0.1, 0.15) is 25.5 Å². The highest BCUT2D eigenvalue weighted by atomic mass is 35.5. The summed E-state index contributed by atoms with van der Waals surface area (Å²) in [5, 5.41) is 4.19. The summed E-state index contributed by atoms with van der Waals surface area (Å²) in [6, 6.07) is 7.26. The molecule has 1 aromatic heterocycles. The molecule has 100 valence electrons. The third-order valence-electron chi connectivity index (χ3n) is 2.77. The number of anilines is 1. The summed E-state index contributed by atoms with van der Waals surface area (Å²) in [5.41, 5.74) is 1.76. The van der Waals surface area contributed by atoms with Gasteiger partial charge in [-0.25, -0.2) is 9.97 Å². The van der Waals surface area contributed by atoms with Crippen LogP contribution in [0.2, 0.25) is 10.0 Å². The standard InChI is InChI=1S/C14H15Cl2N3/c1-8(2)12-7-13(17-3)19-14(18-12)10-5-4-9(15)6-11(10)16/h4-8H,1-3H3,(H,17,18,19). The highest BCUT2D eigenvalue weighted by Gasteiger charge is 2.11. The lowest BCUT2D eigenvalue weighted by atomic mass is 10.1. The predicted molar refractivity (Wildman–Crippen MR) is 81.1 cm³/mol. The van der Waals surface area contributed by atoms with Gasteiger partial charge in [0.2, 0.25) is 0 Å². The summed E-state index contributed by atoms with van der Waals surface area (Å²) >= 11 is 12.1. The van der Waals surface area contributed by atoms with E-state index < -0.39 is 0 Å². The van der Waals surface area contributed by atoms with Gasteiger partial charge in [-0.15, -0.1) is 0 Å². The van der Waals surface area contributed by atoms with E-state index in [1.54, 1.807) is 12.1 Å². The molecule has 0 unspecified atom stereocenters. The maximum absolute atomic E-state index is 6.21. The molecule has 2 rings (SSSR count). The van der Waals surface area contributed by atoms with E-state index in [-0.39, 0.29) is 0 Å². The molecule has 0 atom stereocenters. The minimum Gasteiger partial charge on any atom is -0.373 e. The van der Waals surface area contributed by atoms with E-state index in [0.29, 0.717) is 21.8 Å². The highest BCUT2D eigenvalue weighted by molar-refractivity contribution is 6.36. The Bertz CT molecular complexity index is 597. The third kappa shape index (κ3) is 3.17. The summed E-state index contributed by atoms with van der Waals surface area (Å²) in [6.07, 6.45) is 0. The summed E-state index contributed by atoms with van der Waals surface area (Å²) in [6.45, 7) is 4.18. The fourth-order valence-corrected chi connectivity index (χ4v) is 2.17. The lowest BCUT2D eigenvalue weighted by Gasteiger charge is -2.11. The van der Waals surface area contributed by atoms with Crippen LogP contribution >= 0.6 is 23.2 Å². The van der Waals surface area contributed by atoms with E-state index in [0.717, 1.165) is 17.1 Å². The SMILES string of the molecule is CNc1cc(C(C)C)nc(-c2ccc(Cl)cc2Cl)n1. The number of aromatic nitrogens is 2. The summed E-state index contributed by atoms with van der Waals surface area (Å²) in [7, 11) is 1.83. The molecule has 0 aliphatic carbocycles. The van der Waals surface area contributed by atoms with Crippen molar-refractivity contribution < 1.29 is 0 Å². The Kier molecular flexibility index (Phi) is 4.27. The topological polar surface area (TPSA) is 37.8 Å². The van der Waals surface area contributed by atoms with E-state index in [4.69, 9.17) is 23.2 Å². The van der Waals surface area contributed by atoms with E-state index in [1.165, 1.54) is 0 Å². The van der Waals surface area contributed by atoms with E-state index in [1.807, 2.05) is 19.2 Å². The van der Waals surface area contributed by atoms with Crippen molar-refractivity contribution in [2.75, 3.05) is 12.4 Å². The number of hydrogen-bond donors (Lipinski definition) is 1. The van der Waals surface area contributed by atoms with Gasteiger partial charge in [-0.1, -0.05) is 37.0 Å². The maximum Gasteiger partial charge on any atom is 0.163 e. The van der Waals surface area contributed by atoms with Crippen LogP contribution in [0.25, 0.3) is 11.4 Å². The first-order valence-electron chi connectivity index (χ1n) is 6.03. The first-order chi connectivity index (χ1) is 9.01. The Labute approximate surface area is 123 Å². The minimum absolute atomic E-state index is 0.319. The molecule has 0 saturated carbocycles. The first-order valence-corrected chi connectivity index (χ1v) is 6.79. The van der Waals surface area contributed by atoms with Crippen molar-refractivity contribution in [2.24, 2.45) is 0 Å². The highest BCUT2D eigenvalue weighted by Crippen LogP contribution is 2.29. The van der Waals surface area contributed by atoms with Gasteiger partial charge in [-0.05, 0) is 24.1 Å². The van der Waals surface area contributed by atoms with Crippen molar-refractivity contribution in [3.63, 3.8) is 0 Å². The second kappa shape index (κ2) is 5.76. The zero-order valence-corrected chi connectivity index (χ0v) is 12.5. The lowest BCUT2D eigenvalue weighted by Crippen LogP contribution is -2.02. The molecule has 0 radical (unpaired) electrons. The molecule has 19 heavy (non-hydrogen) atoms. The molecule has 1 heterocycles. The Hall–Kier alpha value is -1.32. The van der Waals surface area contributed by atoms with Crippen LogP contribution in [0.5, 0.6) is 0 Å². The molecule has 0 fully saturated rings. The summed E-state index contributed by atoms with van der Waals surface area (Å²) in [4.78, 5) is 9.01. The molecule has 0 spiro atoms. The van der Waals surface area contributed by atoms with Gasteiger partial charge in [0, 0.05) is 29.4 Å². The monoisotopic (exact) mass is 295 g/mol. The summed E-state index contributed by atoms with van der Waals surface area (Å²) < 4.78 is 0. The third-order valence-corrected chi connectivity index (χ3v) is 3.31. The second-order valence-corrected chi connectivity index (χ2v) is 5.37. The van der Waals surface area contributed by atoms with Gasteiger partial charge in [0.05, 0.1) is 5.02 Å². The van der Waals surface area contributed by atoms with Crippen LogP contribution < -0.4 is 5.32 Å². The molecule has 0 aliphatic heterocycles. The molecule has 1 N–H and O–H groups in total. The molecule has 2 aromatic rings. The van der Waals surface area contributed by atoms with Gasteiger partial charge in [0.1, 0.15) is 5.82 Å². The number of hydrogen-bond acceptors (Lipinski definition) is 3. The van der Waals surface area contributed by atoms with Crippen molar-refractivity contribution >= 4 is 29.0 Å². The van der Waals surface area contributed by atoms with E-state index in [9.17, 15) is 0 Å². The average Bonchev–Trinajstić information content (AvgIpc) is 2.38. The lowest BCUT2D eigenvalue weighted by molar-refractivity contribution is 0.817. The van der Waals surface area contributed by atoms with Crippen LogP contribution in [0.15, 0.2) is 24.3 Å². The smallest absolute Gasteiger partial charge is 0.163 e. The van der Waals surface area contributed by atoms with Gasteiger partial charge >= 0.3 is 0 Å². The van der Waals surface area contributed by atoms with Crippen LogP contribution in [-0.2, 0) is 0 Å². The van der Waals surface area contributed by atoms with Gasteiger partial charge in [0.25, 0.3) is 0 Å². The second-order valence-electron chi connectivity index (χ2n) is 4.53. The molecule has 5 heteroatoms. The molecule has 0 aliphatic rings. The Morgan fingerprint density at radius 3 is 2.42 bits per heavy atom. The average molecular weight is 296 g/mol. The van der Waals surface area contributed by atoms with Gasteiger partial charge in [-0.3, -0.25) is 0 Å². The number of rotatable bonds is 3. The van der Waals surface area contributed by atoms with E-state index >= 15 is 0 Å². The molecule has 3 nitrogen and oxygen atoms in total. The maximum atomic E-state index is 6.21. The van der Waals surface area contributed by atoms with Crippen LogP contribution in [0.4, 0.5) is 5.82 Å². The number of nitrogens with one attached hydrogen (secondary N) is 1. The van der Waals surface area contributed by atoms with Crippen molar-refractivity contribution in [2.45, 2.75) is 19.8 Å². The fourth-order valence-electron chi connectivity index (χ4n) is 1.68. The van der Waals surface area contributed by atoms with Gasteiger partial charge < -0.3 is 5.32 Å². The Morgan fingerprint density at radius 2 is 1.84 bits per heavy atom. The van der Waals surface area contributed by atoms with Crippen molar-refractivity contribution in [3.05, 3.63) is 40.0 Å². The van der Waals surface area contributed by atoms with Crippen LogP contribution in [0, 0.1) is 0 Å². The Balaban J connectivity index is 2.57. The molecule has 0 amide bonds. The van der Waals surface area contributed by atoms with Gasteiger partial charge in [-0.2, -0.15) is 0 Å².